The third-order valence-corrected chi connectivity index (χ3v) is 6.18. The molecule has 9 heteroatoms. The van der Waals surface area contributed by atoms with E-state index >= 15 is 0 Å². The number of benzene rings is 1. The van der Waals surface area contributed by atoms with Crippen LogP contribution in [0.4, 0.5) is 0 Å². The first-order valence-electron chi connectivity index (χ1n) is 10.7. The van der Waals surface area contributed by atoms with E-state index in [2.05, 4.69) is 9.97 Å². The number of hydrogen-bond acceptors (Lipinski definition) is 5. The van der Waals surface area contributed by atoms with Crippen molar-refractivity contribution < 1.29 is 9.47 Å². The van der Waals surface area contributed by atoms with E-state index in [1.807, 2.05) is 42.5 Å². The summed E-state index contributed by atoms with van der Waals surface area (Å²) >= 11 is 6.29. The third kappa shape index (κ3) is 3.52. The van der Waals surface area contributed by atoms with Crippen LogP contribution in [-0.2, 0) is 16.0 Å². The molecular weight excluding hydrogens is 442 g/mol. The van der Waals surface area contributed by atoms with Crippen molar-refractivity contribution in [1.29, 1.82) is 0 Å². The molecule has 0 saturated carbocycles. The first-order valence-corrected chi connectivity index (χ1v) is 11.1. The van der Waals surface area contributed by atoms with Crippen molar-refractivity contribution in [1.82, 2.24) is 24.1 Å². The summed E-state index contributed by atoms with van der Waals surface area (Å²) in [6.07, 6.45) is 5.04. The lowest BCUT2D eigenvalue weighted by Crippen LogP contribution is -2.35. The highest BCUT2D eigenvalue weighted by Gasteiger charge is 2.22. The summed E-state index contributed by atoms with van der Waals surface area (Å²) in [7, 11) is 0. The number of nitrogens with zero attached hydrogens (tertiary/aromatic N) is 4. The lowest BCUT2D eigenvalue weighted by atomic mass is 10.1. The Morgan fingerprint density at radius 3 is 2.73 bits per heavy atom. The Morgan fingerprint density at radius 1 is 1.09 bits per heavy atom. The van der Waals surface area contributed by atoms with Gasteiger partial charge in [0.25, 0.3) is 0 Å². The van der Waals surface area contributed by atoms with Gasteiger partial charge in [0.05, 0.1) is 48.7 Å². The monoisotopic (exact) mass is 461 g/mol. The van der Waals surface area contributed by atoms with Gasteiger partial charge in [0.2, 0.25) is 0 Å². The van der Waals surface area contributed by atoms with Gasteiger partial charge >= 0.3 is 5.69 Å². The van der Waals surface area contributed by atoms with Crippen LogP contribution in [0.5, 0.6) is 0 Å². The molecule has 8 nitrogen and oxygen atoms in total. The molecule has 1 aliphatic heterocycles. The second kappa shape index (κ2) is 8.15. The number of ether oxygens (including phenoxy) is 2. The van der Waals surface area contributed by atoms with Gasteiger partial charge in [-0.15, -0.1) is 0 Å². The highest BCUT2D eigenvalue weighted by atomic mass is 35.5. The average molecular weight is 462 g/mol. The van der Waals surface area contributed by atoms with Crippen LogP contribution in [0.15, 0.2) is 65.8 Å². The number of hydrogen-bond donors (Lipinski definition) is 1. The molecule has 1 fully saturated rings. The van der Waals surface area contributed by atoms with Gasteiger partial charge in [-0.1, -0.05) is 29.8 Å². The van der Waals surface area contributed by atoms with Gasteiger partial charge in [-0.05, 0) is 24.3 Å². The maximum atomic E-state index is 13.6. The van der Waals surface area contributed by atoms with Crippen LogP contribution in [0.2, 0.25) is 5.02 Å². The fourth-order valence-corrected chi connectivity index (χ4v) is 4.45. The number of para-hydroxylation sites is 1. The Balaban J connectivity index is 1.53. The molecule has 6 rings (SSSR count). The van der Waals surface area contributed by atoms with E-state index in [4.69, 9.17) is 26.1 Å². The largest absolute Gasteiger partial charge is 0.376 e. The topological polar surface area (TPSA) is 87.0 Å². The average Bonchev–Trinajstić information content (AvgIpc) is 3.36. The van der Waals surface area contributed by atoms with Gasteiger partial charge in [-0.25, -0.2) is 19.3 Å². The Bertz CT molecular complexity index is 1520. The fourth-order valence-electron chi connectivity index (χ4n) is 4.25. The first-order chi connectivity index (χ1) is 16.2. The molecule has 1 aliphatic rings. The molecule has 1 atom stereocenters. The van der Waals surface area contributed by atoms with E-state index in [1.54, 1.807) is 27.7 Å². The van der Waals surface area contributed by atoms with Crippen molar-refractivity contribution in [3.05, 3.63) is 76.6 Å². The van der Waals surface area contributed by atoms with Gasteiger partial charge in [-0.3, -0.25) is 4.57 Å². The lowest BCUT2D eigenvalue weighted by Gasteiger charge is -2.23. The molecule has 0 bridgehead atoms. The molecule has 4 aromatic heterocycles. The molecule has 0 spiro atoms. The molecule has 33 heavy (non-hydrogen) atoms. The molecule has 0 unspecified atom stereocenters. The van der Waals surface area contributed by atoms with Crippen molar-refractivity contribution in [2.75, 3.05) is 19.8 Å². The molecule has 166 valence electrons. The van der Waals surface area contributed by atoms with Gasteiger partial charge < -0.3 is 14.5 Å². The lowest BCUT2D eigenvalue weighted by molar-refractivity contribution is -0.0935. The molecule has 1 aromatic carbocycles. The zero-order valence-electron chi connectivity index (χ0n) is 17.6. The molecule has 0 aliphatic carbocycles. The zero-order chi connectivity index (χ0) is 22.4. The maximum absolute atomic E-state index is 13.6. The van der Waals surface area contributed by atoms with Crippen LogP contribution in [-0.4, -0.2) is 50.0 Å². The summed E-state index contributed by atoms with van der Waals surface area (Å²) in [6.45, 7) is 1.91. The molecule has 1 saturated heterocycles. The van der Waals surface area contributed by atoms with Crippen LogP contribution in [0.1, 0.15) is 0 Å². The normalized spacial score (nSPS) is 16.6. The van der Waals surface area contributed by atoms with E-state index < -0.39 is 0 Å². The van der Waals surface area contributed by atoms with Crippen LogP contribution in [0.3, 0.4) is 0 Å². The summed E-state index contributed by atoms with van der Waals surface area (Å²) in [5, 5.41) is 1.44. The van der Waals surface area contributed by atoms with Crippen molar-refractivity contribution in [2.24, 2.45) is 0 Å². The predicted octanol–water partition coefficient (Wildman–Crippen LogP) is 3.80. The smallest absolute Gasteiger partial charge is 0.335 e. The Morgan fingerprint density at radius 2 is 1.91 bits per heavy atom. The number of H-pyrrole nitrogens is 1. The summed E-state index contributed by atoms with van der Waals surface area (Å²) in [6, 6.07) is 13.5. The Labute approximate surface area is 193 Å². The quantitative estimate of drug-likeness (QED) is 0.440. The summed E-state index contributed by atoms with van der Waals surface area (Å²) in [5.41, 5.74) is 4.32. The van der Waals surface area contributed by atoms with E-state index in [0.717, 1.165) is 33.4 Å². The molecule has 5 heterocycles. The Kier molecular flexibility index (Phi) is 4.98. The van der Waals surface area contributed by atoms with E-state index in [-0.39, 0.29) is 11.8 Å². The number of imidazole rings is 1. The fraction of sp³-hybridized carbons (Fsp3) is 0.208. The summed E-state index contributed by atoms with van der Waals surface area (Å²) in [5.74, 6) is 0. The summed E-state index contributed by atoms with van der Waals surface area (Å²) < 4.78 is 14.7. The summed E-state index contributed by atoms with van der Waals surface area (Å²) in [4.78, 5) is 25.8. The SMILES string of the molecule is O=c1n(C[C@H]2COCCO2)c2cc(-c3cnc4[nH]cc(Cl)c4c3)cnc2n1-c1ccccc1. The number of halogens is 1. The zero-order valence-corrected chi connectivity index (χ0v) is 18.3. The van der Waals surface area contributed by atoms with Crippen molar-refractivity contribution in [3.8, 4) is 16.8 Å². The van der Waals surface area contributed by atoms with Crippen LogP contribution in [0.25, 0.3) is 39.0 Å². The predicted molar refractivity (Wildman–Crippen MR) is 126 cm³/mol. The van der Waals surface area contributed by atoms with Crippen molar-refractivity contribution in [2.45, 2.75) is 12.6 Å². The van der Waals surface area contributed by atoms with Crippen molar-refractivity contribution in [3.63, 3.8) is 0 Å². The van der Waals surface area contributed by atoms with Gasteiger partial charge in [0.15, 0.2) is 5.65 Å². The maximum Gasteiger partial charge on any atom is 0.335 e. The van der Waals surface area contributed by atoms with Crippen LogP contribution >= 0.6 is 11.6 Å². The van der Waals surface area contributed by atoms with E-state index in [1.165, 1.54) is 0 Å². The second-order valence-electron chi connectivity index (χ2n) is 7.96. The number of pyridine rings is 2. The molecule has 1 N–H and O–H groups in total. The molecular formula is C24H20ClN5O3. The van der Waals surface area contributed by atoms with Crippen LogP contribution < -0.4 is 5.69 Å². The molecule has 0 amide bonds. The van der Waals surface area contributed by atoms with Gasteiger partial charge in [0, 0.05) is 35.1 Å². The third-order valence-electron chi connectivity index (χ3n) is 5.87. The minimum atomic E-state index is -0.202. The highest BCUT2D eigenvalue weighted by molar-refractivity contribution is 6.35. The molecule has 0 radical (unpaired) electrons. The number of aromatic nitrogens is 5. The minimum absolute atomic E-state index is 0.169. The van der Waals surface area contributed by atoms with Gasteiger partial charge in [0.1, 0.15) is 5.65 Å². The number of nitrogens with one attached hydrogen (secondary N) is 1. The number of fused-ring (bicyclic) bond motifs is 2. The second-order valence-corrected chi connectivity index (χ2v) is 8.36. The molecule has 5 aromatic rings. The first kappa shape index (κ1) is 20.2. The Hall–Kier alpha value is -3.46. The van der Waals surface area contributed by atoms with Gasteiger partial charge in [-0.2, -0.15) is 0 Å². The van der Waals surface area contributed by atoms with Crippen LogP contribution in [0, 0.1) is 0 Å². The van der Waals surface area contributed by atoms with Crippen molar-refractivity contribution >= 4 is 33.8 Å². The van der Waals surface area contributed by atoms with E-state index in [9.17, 15) is 4.79 Å². The number of rotatable bonds is 4. The number of aromatic amines is 1. The standard InChI is InChI=1S/C24H20ClN5O3/c25-20-12-27-22-19(20)8-15(10-26-22)16-9-21-23(28-11-16)30(17-4-2-1-3-5-17)24(31)29(21)13-18-14-32-6-7-33-18/h1-5,8-12,18H,6-7,13-14H2,(H,26,27)/t18-/m0/s1. The van der Waals surface area contributed by atoms with E-state index in [0.29, 0.717) is 37.0 Å². The highest BCUT2D eigenvalue weighted by Crippen LogP contribution is 2.29. The minimum Gasteiger partial charge on any atom is -0.376 e.